The molecular formula is C12H10N8O. The lowest BCUT2D eigenvalue weighted by Crippen LogP contribution is -2.16. The van der Waals surface area contributed by atoms with Crippen molar-refractivity contribution >= 4 is 17.4 Å². The van der Waals surface area contributed by atoms with Gasteiger partial charge in [0, 0.05) is 12.4 Å². The second-order valence-electron chi connectivity index (χ2n) is 3.99. The van der Waals surface area contributed by atoms with E-state index in [1.54, 1.807) is 12.1 Å². The molecule has 0 aliphatic heterocycles. The van der Waals surface area contributed by atoms with Gasteiger partial charge in [0.1, 0.15) is 12.7 Å². The third-order valence-corrected chi connectivity index (χ3v) is 2.60. The number of nitrogens with two attached hydrogens (primary N) is 1. The standard InChI is InChI=1S/C12H10N8O/c13-11-10(15-3-4-16-11)12(21)19-8-1-2-9(17-5-8)20-7-14-6-18-20/h1-7H,(H2,13,16)(H,19,21). The van der Waals surface area contributed by atoms with Crippen LogP contribution in [0.25, 0.3) is 5.82 Å². The summed E-state index contributed by atoms with van der Waals surface area (Å²) in [5, 5.41) is 6.60. The summed E-state index contributed by atoms with van der Waals surface area (Å²) in [5.41, 5.74) is 6.17. The Bertz CT molecular complexity index is 753. The minimum Gasteiger partial charge on any atom is -0.382 e. The molecule has 0 bridgehead atoms. The zero-order valence-electron chi connectivity index (χ0n) is 10.7. The highest BCUT2D eigenvalue weighted by molar-refractivity contribution is 6.05. The van der Waals surface area contributed by atoms with Crippen LogP contribution < -0.4 is 11.1 Å². The Morgan fingerprint density at radius 3 is 2.71 bits per heavy atom. The lowest BCUT2D eigenvalue weighted by Gasteiger charge is -2.06. The molecule has 3 rings (SSSR count). The van der Waals surface area contributed by atoms with Gasteiger partial charge in [0.05, 0.1) is 11.9 Å². The number of rotatable bonds is 3. The summed E-state index contributed by atoms with van der Waals surface area (Å²) in [6.45, 7) is 0. The molecule has 3 heterocycles. The van der Waals surface area contributed by atoms with Gasteiger partial charge in [0.25, 0.3) is 5.91 Å². The van der Waals surface area contributed by atoms with Gasteiger partial charge >= 0.3 is 0 Å². The summed E-state index contributed by atoms with van der Waals surface area (Å²) in [5.74, 6) is 0.211. The summed E-state index contributed by atoms with van der Waals surface area (Å²) in [6.07, 6.45) is 7.26. The molecule has 3 aromatic heterocycles. The van der Waals surface area contributed by atoms with Crippen molar-refractivity contribution < 1.29 is 4.79 Å². The third-order valence-electron chi connectivity index (χ3n) is 2.60. The number of aromatic nitrogens is 6. The number of anilines is 2. The quantitative estimate of drug-likeness (QED) is 0.707. The number of hydrogen-bond acceptors (Lipinski definition) is 7. The van der Waals surface area contributed by atoms with Crippen LogP contribution in [0.15, 0.2) is 43.4 Å². The number of nitrogen functional groups attached to an aromatic ring is 1. The molecule has 0 atom stereocenters. The molecule has 104 valence electrons. The van der Waals surface area contributed by atoms with Crippen LogP contribution in [-0.2, 0) is 0 Å². The molecule has 3 aromatic rings. The Hall–Kier alpha value is -3.36. The van der Waals surface area contributed by atoms with Crippen molar-refractivity contribution in [2.45, 2.75) is 0 Å². The van der Waals surface area contributed by atoms with E-state index in [1.807, 2.05) is 0 Å². The molecule has 9 nitrogen and oxygen atoms in total. The van der Waals surface area contributed by atoms with E-state index in [4.69, 9.17) is 5.73 Å². The number of amides is 1. The van der Waals surface area contributed by atoms with Crippen molar-refractivity contribution in [1.82, 2.24) is 29.7 Å². The van der Waals surface area contributed by atoms with E-state index in [1.165, 1.54) is 35.9 Å². The first kappa shape index (κ1) is 12.7. The van der Waals surface area contributed by atoms with Crippen LogP contribution in [0, 0.1) is 0 Å². The molecule has 0 unspecified atom stereocenters. The molecule has 0 aromatic carbocycles. The van der Waals surface area contributed by atoms with Crippen molar-refractivity contribution in [1.29, 1.82) is 0 Å². The van der Waals surface area contributed by atoms with Gasteiger partial charge in [-0.15, -0.1) is 0 Å². The first-order chi connectivity index (χ1) is 10.2. The maximum absolute atomic E-state index is 12.0. The number of nitrogens with one attached hydrogen (secondary N) is 1. The van der Waals surface area contributed by atoms with Crippen LogP contribution in [0.5, 0.6) is 0 Å². The number of nitrogens with zero attached hydrogens (tertiary/aromatic N) is 6. The fourth-order valence-electron chi connectivity index (χ4n) is 1.64. The molecule has 0 radical (unpaired) electrons. The van der Waals surface area contributed by atoms with Gasteiger partial charge in [-0.25, -0.2) is 24.6 Å². The average molecular weight is 282 g/mol. The van der Waals surface area contributed by atoms with Crippen LogP contribution in [0.3, 0.4) is 0 Å². The van der Waals surface area contributed by atoms with Crippen LogP contribution in [0.1, 0.15) is 10.5 Å². The summed E-state index contributed by atoms with van der Waals surface area (Å²) < 4.78 is 1.51. The molecule has 9 heteroatoms. The van der Waals surface area contributed by atoms with Gasteiger partial charge in [-0.05, 0) is 12.1 Å². The van der Waals surface area contributed by atoms with E-state index in [0.29, 0.717) is 11.5 Å². The second kappa shape index (κ2) is 5.33. The highest BCUT2D eigenvalue weighted by Gasteiger charge is 2.12. The highest BCUT2D eigenvalue weighted by Crippen LogP contribution is 2.11. The molecule has 0 spiro atoms. The van der Waals surface area contributed by atoms with Crippen molar-refractivity contribution in [3.8, 4) is 5.82 Å². The Balaban J connectivity index is 1.77. The van der Waals surface area contributed by atoms with Crippen molar-refractivity contribution in [3.05, 3.63) is 49.1 Å². The third kappa shape index (κ3) is 2.66. The van der Waals surface area contributed by atoms with Crippen molar-refractivity contribution in [2.75, 3.05) is 11.1 Å². The van der Waals surface area contributed by atoms with Crippen LogP contribution >= 0.6 is 0 Å². The van der Waals surface area contributed by atoms with Crippen LogP contribution in [-0.4, -0.2) is 35.6 Å². The monoisotopic (exact) mass is 282 g/mol. The van der Waals surface area contributed by atoms with E-state index in [0.717, 1.165) is 0 Å². The largest absolute Gasteiger partial charge is 0.382 e. The molecular weight excluding hydrogens is 272 g/mol. The average Bonchev–Trinajstić information content (AvgIpc) is 3.02. The Labute approximate surface area is 118 Å². The van der Waals surface area contributed by atoms with E-state index >= 15 is 0 Å². The minimum absolute atomic E-state index is 0.0675. The molecule has 0 aliphatic rings. The first-order valence-electron chi connectivity index (χ1n) is 5.93. The van der Waals surface area contributed by atoms with E-state index < -0.39 is 5.91 Å². The maximum Gasteiger partial charge on any atom is 0.278 e. The zero-order chi connectivity index (χ0) is 14.7. The van der Waals surface area contributed by atoms with Gasteiger partial charge in [0.15, 0.2) is 17.3 Å². The lowest BCUT2D eigenvalue weighted by molar-refractivity contribution is 0.102. The van der Waals surface area contributed by atoms with E-state index in [-0.39, 0.29) is 11.5 Å². The normalized spacial score (nSPS) is 10.3. The topological polar surface area (TPSA) is 125 Å². The van der Waals surface area contributed by atoms with E-state index in [9.17, 15) is 4.79 Å². The number of carbonyl (C=O) groups is 1. The van der Waals surface area contributed by atoms with E-state index in [2.05, 4.69) is 30.4 Å². The van der Waals surface area contributed by atoms with Crippen LogP contribution in [0.2, 0.25) is 0 Å². The minimum atomic E-state index is -0.448. The molecule has 3 N–H and O–H groups in total. The Morgan fingerprint density at radius 1 is 1.19 bits per heavy atom. The number of carbonyl (C=O) groups excluding carboxylic acids is 1. The smallest absolute Gasteiger partial charge is 0.278 e. The van der Waals surface area contributed by atoms with Crippen LogP contribution in [0.4, 0.5) is 11.5 Å². The van der Waals surface area contributed by atoms with Gasteiger partial charge in [0.2, 0.25) is 0 Å². The fraction of sp³-hybridized carbons (Fsp3) is 0. The van der Waals surface area contributed by atoms with Gasteiger partial charge in [-0.1, -0.05) is 0 Å². The summed E-state index contributed by atoms with van der Waals surface area (Å²) in [7, 11) is 0. The predicted molar refractivity (Wildman–Crippen MR) is 73.6 cm³/mol. The maximum atomic E-state index is 12.0. The van der Waals surface area contributed by atoms with Crippen molar-refractivity contribution in [3.63, 3.8) is 0 Å². The van der Waals surface area contributed by atoms with Gasteiger partial charge < -0.3 is 11.1 Å². The zero-order valence-corrected chi connectivity index (χ0v) is 10.7. The Kier molecular flexibility index (Phi) is 3.21. The lowest BCUT2D eigenvalue weighted by atomic mass is 10.3. The summed E-state index contributed by atoms with van der Waals surface area (Å²) in [6, 6.07) is 3.39. The second-order valence-corrected chi connectivity index (χ2v) is 3.99. The molecule has 0 saturated carbocycles. The summed E-state index contributed by atoms with van der Waals surface area (Å²) in [4.78, 5) is 27.7. The summed E-state index contributed by atoms with van der Waals surface area (Å²) >= 11 is 0. The molecule has 1 amide bonds. The molecule has 21 heavy (non-hydrogen) atoms. The molecule has 0 aliphatic carbocycles. The highest BCUT2D eigenvalue weighted by atomic mass is 16.1. The Morgan fingerprint density at radius 2 is 2.05 bits per heavy atom. The predicted octanol–water partition coefficient (Wildman–Crippen LogP) is 0.287. The first-order valence-corrected chi connectivity index (χ1v) is 5.93. The van der Waals surface area contributed by atoms with Gasteiger partial charge in [-0.3, -0.25) is 4.79 Å². The van der Waals surface area contributed by atoms with Gasteiger partial charge in [-0.2, -0.15) is 5.10 Å². The molecule has 0 saturated heterocycles. The molecule has 0 fully saturated rings. The SMILES string of the molecule is Nc1nccnc1C(=O)Nc1ccc(-n2cncn2)nc1. The fourth-order valence-corrected chi connectivity index (χ4v) is 1.64. The number of hydrogen-bond donors (Lipinski definition) is 2. The van der Waals surface area contributed by atoms with Crippen molar-refractivity contribution in [2.24, 2.45) is 0 Å². The number of pyridine rings is 1.